The largest absolute Gasteiger partial charge is 0.305 e. The van der Waals surface area contributed by atoms with E-state index in [1.165, 1.54) is 38.8 Å². The Kier molecular flexibility index (Phi) is 2.66. The van der Waals surface area contributed by atoms with Crippen LogP contribution < -0.4 is 5.32 Å². The number of rotatable bonds is 0. The summed E-state index contributed by atoms with van der Waals surface area (Å²) in [5, 5.41) is 3.54. The molecule has 2 radical (unpaired) electrons. The van der Waals surface area contributed by atoms with Crippen LogP contribution >= 0.6 is 0 Å². The van der Waals surface area contributed by atoms with Gasteiger partial charge in [0.1, 0.15) is 0 Å². The van der Waals surface area contributed by atoms with Crippen LogP contribution in [-0.2, 0) is 0 Å². The second kappa shape index (κ2) is 3.62. The van der Waals surface area contributed by atoms with Gasteiger partial charge in [0, 0.05) is 6.54 Å². The van der Waals surface area contributed by atoms with Crippen molar-refractivity contribution >= 4 is 7.85 Å². The highest BCUT2D eigenvalue weighted by Crippen LogP contribution is 2.22. The van der Waals surface area contributed by atoms with Crippen LogP contribution in [0, 0.1) is 0 Å². The number of hydrogen-bond donors (Lipinski definition) is 1. The highest BCUT2D eigenvalue weighted by molar-refractivity contribution is 6.15. The van der Waals surface area contributed by atoms with Gasteiger partial charge in [-0.25, -0.2) is 0 Å². The van der Waals surface area contributed by atoms with Gasteiger partial charge in [0.25, 0.3) is 0 Å². The van der Waals surface area contributed by atoms with Crippen molar-refractivity contribution in [2.45, 2.75) is 50.6 Å². The lowest BCUT2D eigenvalue weighted by atomic mass is 9.75. The standard InChI is InChI=1S/C10H19BN2/c1-10(11)6-8-13-7-4-2-3-5-9(13)12-10/h9,12H,2-8H2,1H3. The van der Waals surface area contributed by atoms with E-state index in [1.54, 1.807) is 0 Å². The van der Waals surface area contributed by atoms with E-state index >= 15 is 0 Å². The molecule has 0 aliphatic carbocycles. The second-order valence-corrected chi connectivity index (χ2v) is 4.71. The normalized spacial score (nSPS) is 42.4. The van der Waals surface area contributed by atoms with E-state index in [0.717, 1.165) is 6.42 Å². The summed E-state index contributed by atoms with van der Waals surface area (Å²) in [5.74, 6) is 0. The number of hydrogen-bond acceptors (Lipinski definition) is 2. The van der Waals surface area contributed by atoms with E-state index < -0.39 is 0 Å². The fourth-order valence-corrected chi connectivity index (χ4v) is 2.43. The molecule has 2 heterocycles. The summed E-state index contributed by atoms with van der Waals surface area (Å²) in [6.07, 6.45) is 6.99. The summed E-state index contributed by atoms with van der Waals surface area (Å²) in [7, 11) is 6.10. The van der Waals surface area contributed by atoms with E-state index in [9.17, 15) is 0 Å². The van der Waals surface area contributed by atoms with Crippen molar-refractivity contribution < 1.29 is 0 Å². The Morgan fingerprint density at radius 1 is 1.31 bits per heavy atom. The van der Waals surface area contributed by atoms with Gasteiger partial charge >= 0.3 is 0 Å². The quantitative estimate of drug-likeness (QED) is 0.558. The molecule has 0 bridgehead atoms. The average molecular weight is 178 g/mol. The van der Waals surface area contributed by atoms with Gasteiger partial charge in [0.15, 0.2) is 0 Å². The Morgan fingerprint density at radius 2 is 2.15 bits per heavy atom. The Balaban J connectivity index is 2.00. The molecule has 0 aromatic heterocycles. The lowest BCUT2D eigenvalue weighted by Crippen LogP contribution is -2.61. The van der Waals surface area contributed by atoms with Gasteiger partial charge in [0.2, 0.25) is 0 Å². The van der Waals surface area contributed by atoms with Crippen molar-refractivity contribution in [2.24, 2.45) is 0 Å². The predicted molar refractivity (Wildman–Crippen MR) is 55.7 cm³/mol. The maximum Gasteiger partial charge on any atom is 0.0951 e. The monoisotopic (exact) mass is 178 g/mol. The van der Waals surface area contributed by atoms with Crippen molar-refractivity contribution in [1.29, 1.82) is 0 Å². The predicted octanol–water partition coefficient (Wildman–Crippen LogP) is 1.07. The molecule has 2 rings (SSSR count). The Morgan fingerprint density at radius 3 is 3.00 bits per heavy atom. The van der Waals surface area contributed by atoms with Crippen LogP contribution in [0.15, 0.2) is 0 Å². The Bertz CT molecular complexity index is 182. The van der Waals surface area contributed by atoms with Crippen molar-refractivity contribution in [2.75, 3.05) is 13.1 Å². The maximum absolute atomic E-state index is 6.10. The fraction of sp³-hybridized carbons (Fsp3) is 1.00. The van der Waals surface area contributed by atoms with Gasteiger partial charge in [-0.1, -0.05) is 19.8 Å². The summed E-state index contributed by atoms with van der Waals surface area (Å²) < 4.78 is 0. The van der Waals surface area contributed by atoms with Crippen molar-refractivity contribution in [1.82, 2.24) is 10.2 Å². The lowest BCUT2D eigenvalue weighted by molar-refractivity contribution is 0.0973. The van der Waals surface area contributed by atoms with Crippen LogP contribution in [0.25, 0.3) is 0 Å². The van der Waals surface area contributed by atoms with Gasteiger partial charge in [-0.2, -0.15) is 0 Å². The molecule has 2 aliphatic heterocycles. The molecule has 0 aromatic rings. The third-order valence-electron chi connectivity index (χ3n) is 3.28. The van der Waals surface area contributed by atoms with Gasteiger partial charge in [-0.05, 0) is 31.2 Å². The zero-order valence-corrected chi connectivity index (χ0v) is 8.55. The first-order valence-electron chi connectivity index (χ1n) is 5.48. The third kappa shape index (κ3) is 2.26. The van der Waals surface area contributed by atoms with E-state index in [1.807, 2.05) is 0 Å². The molecule has 2 atom stereocenters. The molecule has 3 heteroatoms. The Hall–Kier alpha value is -0.0151. The topological polar surface area (TPSA) is 15.3 Å². The minimum Gasteiger partial charge on any atom is -0.305 e. The van der Waals surface area contributed by atoms with E-state index in [-0.39, 0.29) is 5.44 Å². The molecule has 2 aliphatic rings. The third-order valence-corrected chi connectivity index (χ3v) is 3.28. The molecule has 0 amide bonds. The first-order chi connectivity index (χ1) is 6.17. The molecular weight excluding hydrogens is 159 g/mol. The summed E-state index contributed by atoms with van der Waals surface area (Å²) >= 11 is 0. The molecule has 2 saturated heterocycles. The fourth-order valence-electron chi connectivity index (χ4n) is 2.43. The molecule has 0 aromatic carbocycles. The zero-order valence-electron chi connectivity index (χ0n) is 8.55. The SMILES string of the molecule is [B]C1(C)CCN2CCCCCC2N1. The molecule has 0 saturated carbocycles. The summed E-state index contributed by atoms with van der Waals surface area (Å²) in [5.41, 5.74) is -0.133. The summed E-state index contributed by atoms with van der Waals surface area (Å²) in [6, 6.07) is 0. The van der Waals surface area contributed by atoms with Gasteiger partial charge < -0.3 is 5.32 Å². The van der Waals surface area contributed by atoms with Crippen LogP contribution in [0.1, 0.15) is 39.0 Å². The summed E-state index contributed by atoms with van der Waals surface area (Å²) in [6.45, 7) is 4.54. The number of nitrogens with one attached hydrogen (secondary N) is 1. The van der Waals surface area contributed by atoms with E-state index in [0.29, 0.717) is 6.17 Å². The minimum absolute atomic E-state index is 0.133. The highest BCUT2D eigenvalue weighted by Gasteiger charge is 2.31. The Labute approximate surface area is 82.5 Å². The molecule has 2 fully saturated rings. The van der Waals surface area contributed by atoms with Crippen LogP contribution in [0.3, 0.4) is 0 Å². The second-order valence-electron chi connectivity index (χ2n) is 4.71. The molecule has 2 unspecified atom stereocenters. The highest BCUT2D eigenvalue weighted by atomic mass is 15.3. The van der Waals surface area contributed by atoms with Crippen LogP contribution in [0.4, 0.5) is 0 Å². The van der Waals surface area contributed by atoms with Gasteiger partial charge in [-0.3, -0.25) is 4.90 Å². The molecule has 1 N–H and O–H groups in total. The van der Waals surface area contributed by atoms with Crippen molar-refractivity contribution in [3.63, 3.8) is 0 Å². The average Bonchev–Trinajstić information content (AvgIpc) is 2.27. The van der Waals surface area contributed by atoms with E-state index in [4.69, 9.17) is 7.85 Å². The first kappa shape index (κ1) is 9.54. The van der Waals surface area contributed by atoms with Crippen LogP contribution in [-0.4, -0.2) is 37.4 Å². The minimum atomic E-state index is -0.133. The van der Waals surface area contributed by atoms with E-state index in [2.05, 4.69) is 17.1 Å². The van der Waals surface area contributed by atoms with Crippen molar-refractivity contribution in [3.8, 4) is 0 Å². The lowest BCUT2D eigenvalue weighted by Gasteiger charge is -2.44. The molecule has 0 spiro atoms. The summed E-state index contributed by atoms with van der Waals surface area (Å²) in [4.78, 5) is 2.56. The van der Waals surface area contributed by atoms with Gasteiger partial charge in [0.05, 0.1) is 14.0 Å². The molecule has 72 valence electrons. The zero-order chi connectivity index (χ0) is 9.31. The number of fused-ring (bicyclic) bond motifs is 1. The number of nitrogens with zero attached hydrogens (tertiary/aromatic N) is 1. The smallest absolute Gasteiger partial charge is 0.0951 e. The van der Waals surface area contributed by atoms with Crippen LogP contribution in [0.2, 0.25) is 0 Å². The molecule has 2 nitrogen and oxygen atoms in total. The van der Waals surface area contributed by atoms with Crippen LogP contribution in [0.5, 0.6) is 0 Å². The maximum atomic E-state index is 6.10. The van der Waals surface area contributed by atoms with Gasteiger partial charge in [-0.15, -0.1) is 0 Å². The molecule has 13 heavy (non-hydrogen) atoms. The first-order valence-corrected chi connectivity index (χ1v) is 5.48. The molecular formula is C10H19BN2. The van der Waals surface area contributed by atoms with Crippen molar-refractivity contribution in [3.05, 3.63) is 0 Å².